The van der Waals surface area contributed by atoms with Crippen LogP contribution in [0, 0.1) is 0 Å². The van der Waals surface area contributed by atoms with Crippen LogP contribution < -0.4 is 5.32 Å². The van der Waals surface area contributed by atoms with Crippen molar-refractivity contribution < 1.29 is 0 Å². The van der Waals surface area contributed by atoms with E-state index in [0.717, 1.165) is 6.54 Å². The number of rotatable bonds is 5. The van der Waals surface area contributed by atoms with Gasteiger partial charge in [0.25, 0.3) is 0 Å². The van der Waals surface area contributed by atoms with Gasteiger partial charge in [-0.1, -0.05) is 38.1 Å². The standard InChI is InChI=1S/C17H24N2/c1-13(2)15-7-9-16(10-8-15)14(3)18-12-17-6-5-11-19(17)4/h5-11,13-14,18H,12H2,1-4H3. The molecule has 1 N–H and O–H groups in total. The predicted octanol–water partition coefficient (Wildman–Crippen LogP) is 4.00. The molecule has 19 heavy (non-hydrogen) atoms. The molecule has 0 spiro atoms. The number of hydrogen-bond donors (Lipinski definition) is 1. The lowest BCUT2D eigenvalue weighted by Gasteiger charge is -2.16. The normalized spacial score (nSPS) is 12.9. The van der Waals surface area contributed by atoms with Crippen LogP contribution in [0.25, 0.3) is 0 Å². The zero-order chi connectivity index (χ0) is 13.8. The Morgan fingerprint density at radius 2 is 1.63 bits per heavy atom. The van der Waals surface area contributed by atoms with E-state index in [0.29, 0.717) is 12.0 Å². The first-order chi connectivity index (χ1) is 9.08. The number of nitrogens with one attached hydrogen (secondary N) is 1. The Morgan fingerprint density at radius 3 is 2.16 bits per heavy atom. The Hall–Kier alpha value is -1.54. The summed E-state index contributed by atoms with van der Waals surface area (Å²) in [4.78, 5) is 0. The average molecular weight is 256 g/mol. The van der Waals surface area contributed by atoms with Crippen LogP contribution in [0.3, 0.4) is 0 Å². The van der Waals surface area contributed by atoms with Gasteiger partial charge in [0, 0.05) is 31.5 Å². The second-order valence-corrected chi connectivity index (χ2v) is 5.53. The van der Waals surface area contributed by atoms with Gasteiger partial charge in [0.05, 0.1) is 0 Å². The van der Waals surface area contributed by atoms with Crippen LogP contribution in [-0.4, -0.2) is 4.57 Å². The fraction of sp³-hybridized carbons (Fsp3) is 0.412. The second-order valence-electron chi connectivity index (χ2n) is 5.53. The summed E-state index contributed by atoms with van der Waals surface area (Å²) in [5, 5.41) is 3.57. The van der Waals surface area contributed by atoms with Gasteiger partial charge in [-0.05, 0) is 36.1 Å². The Kier molecular flexibility index (Phi) is 4.43. The van der Waals surface area contributed by atoms with Crippen molar-refractivity contribution in [2.24, 2.45) is 7.05 Å². The van der Waals surface area contributed by atoms with E-state index in [2.05, 4.69) is 80.3 Å². The molecule has 1 atom stereocenters. The van der Waals surface area contributed by atoms with Crippen molar-refractivity contribution in [1.29, 1.82) is 0 Å². The highest BCUT2D eigenvalue weighted by atomic mass is 15.0. The topological polar surface area (TPSA) is 17.0 Å². The maximum absolute atomic E-state index is 3.57. The maximum Gasteiger partial charge on any atom is 0.0364 e. The van der Waals surface area contributed by atoms with Crippen LogP contribution in [0.4, 0.5) is 0 Å². The molecule has 1 unspecified atom stereocenters. The lowest BCUT2D eigenvalue weighted by Crippen LogP contribution is -2.19. The Labute approximate surface area is 116 Å². The monoisotopic (exact) mass is 256 g/mol. The summed E-state index contributed by atoms with van der Waals surface area (Å²) < 4.78 is 2.15. The van der Waals surface area contributed by atoms with Gasteiger partial charge in [0.2, 0.25) is 0 Å². The van der Waals surface area contributed by atoms with Crippen LogP contribution in [0.1, 0.15) is 49.6 Å². The van der Waals surface area contributed by atoms with Crippen molar-refractivity contribution in [3.05, 3.63) is 59.4 Å². The minimum absolute atomic E-state index is 0.371. The minimum Gasteiger partial charge on any atom is -0.353 e. The highest BCUT2D eigenvalue weighted by Gasteiger charge is 2.06. The first-order valence-electron chi connectivity index (χ1n) is 7.01. The van der Waals surface area contributed by atoms with Crippen molar-refractivity contribution in [3.63, 3.8) is 0 Å². The van der Waals surface area contributed by atoms with Crippen LogP contribution in [0.2, 0.25) is 0 Å². The van der Waals surface area contributed by atoms with E-state index in [1.165, 1.54) is 16.8 Å². The molecule has 2 aromatic rings. The quantitative estimate of drug-likeness (QED) is 0.855. The summed E-state index contributed by atoms with van der Waals surface area (Å²) in [5.41, 5.74) is 4.06. The molecular weight excluding hydrogens is 232 g/mol. The van der Waals surface area contributed by atoms with Crippen molar-refractivity contribution in [2.45, 2.75) is 39.3 Å². The summed E-state index contributed by atoms with van der Waals surface area (Å²) in [6, 6.07) is 13.6. The highest BCUT2D eigenvalue weighted by Crippen LogP contribution is 2.18. The van der Waals surface area contributed by atoms with E-state index >= 15 is 0 Å². The first-order valence-corrected chi connectivity index (χ1v) is 7.01. The molecule has 0 saturated heterocycles. The average Bonchev–Trinajstić information content (AvgIpc) is 2.81. The van der Waals surface area contributed by atoms with Gasteiger partial charge in [-0.2, -0.15) is 0 Å². The molecule has 2 nitrogen and oxygen atoms in total. The molecule has 0 amide bonds. The third kappa shape index (κ3) is 3.48. The smallest absolute Gasteiger partial charge is 0.0364 e. The van der Waals surface area contributed by atoms with E-state index in [1.54, 1.807) is 0 Å². The van der Waals surface area contributed by atoms with Gasteiger partial charge in [-0.25, -0.2) is 0 Å². The molecule has 0 aliphatic heterocycles. The molecule has 0 aliphatic rings. The summed E-state index contributed by atoms with van der Waals surface area (Å²) in [6.45, 7) is 7.57. The number of benzene rings is 1. The largest absolute Gasteiger partial charge is 0.353 e. The van der Waals surface area contributed by atoms with Gasteiger partial charge in [-0.3, -0.25) is 0 Å². The molecule has 0 aliphatic carbocycles. The van der Waals surface area contributed by atoms with Gasteiger partial charge >= 0.3 is 0 Å². The minimum atomic E-state index is 0.371. The van der Waals surface area contributed by atoms with Gasteiger partial charge in [-0.15, -0.1) is 0 Å². The second kappa shape index (κ2) is 6.07. The maximum atomic E-state index is 3.57. The molecule has 1 aromatic carbocycles. The zero-order valence-corrected chi connectivity index (χ0v) is 12.4. The highest BCUT2D eigenvalue weighted by molar-refractivity contribution is 5.26. The molecule has 2 rings (SSSR count). The Bertz CT molecular complexity index is 508. The summed E-state index contributed by atoms with van der Waals surface area (Å²) >= 11 is 0. The lowest BCUT2D eigenvalue weighted by atomic mass is 9.99. The predicted molar refractivity (Wildman–Crippen MR) is 81.2 cm³/mol. The summed E-state index contributed by atoms with van der Waals surface area (Å²) in [7, 11) is 2.08. The Morgan fingerprint density at radius 1 is 1.00 bits per heavy atom. The van der Waals surface area contributed by atoms with Gasteiger partial charge in [0.1, 0.15) is 0 Å². The molecule has 0 bridgehead atoms. The molecule has 0 radical (unpaired) electrons. The van der Waals surface area contributed by atoms with Gasteiger partial charge in [0.15, 0.2) is 0 Å². The van der Waals surface area contributed by atoms with E-state index < -0.39 is 0 Å². The number of aromatic nitrogens is 1. The number of hydrogen-bond acceptors (Lipinski definition) is 1. The van der Waals surface area contributed by atoms with Crippen LogP contribution in [0.15, 0.2) is 42.6 Å². The van der Waals surface area contributed by atoms with Crippen LogP contribution in [-0.2, 0) is 13.6 Å². The molecule has 2 heteroatoms. The molecule has 102 valence electrons. The molecular formula is C17H24N2. The molecule has 1 aromatic heterocycles. The van der Waals surface area contributed by atoms with E-state index in [9.17, 15) is 0 Å². The van der Waals surface area contributed by atoms with Crippen molar-refractivity contribution in [2.75, 3.05) is 0 Å². The van der Waals surface area contributed by atoms with Gasteiger partial charge < -0.3 is 9.88 Å². The summed E-state index contributed by atoms with van der Waals surface area (Å²) in [5.74, 6) is 0.598. The van der Waals surface area contributed by atoms with Crippen LogP contribution >= 0.6 is 0 Å². The summed E-state index contributed by atoms with van der Waals surface area (Å²) in [6.07, 6.45) is 2.08. The number of nitrogens with zero attached hydrogens (tertiary/aromatic N) is 1. The molecule has 0 saturated carbocycles. The lowest BCUT2D eigenvalue weighted by molar-refractivity contribution is 0.557. The first kappa shape index (κ1) is 13.9. The van der Waals surface area contributed by atoms with E-state index in [4.69, 9.17) is 0 Å². The molecule has 1 heterocycles. The SMILES string of the molecule is CC(C)c1ccc(C(C)NCc2cccn2C)cc1. The third-order valence-corrected chi connectivity index (χ3v) is 3.74. The fourth-order valence-corrected chi connectivity index (χ4v) is 2.23. The molecule has 0 fully saturated rings. The Balaban J connectivity index is 1.96. The van der Waals surface area contributed by atoms with E-state index in [1.807, 2.05) is 0 Å². The van der Waals surface area contributed by atoms with E-state index in [-0.39, 0.29) is 0 Å². The zero-order valence-electron chi connectivity index (χ0n) is 12.4. The van der Waals surface area contributed by atoms with Crippen molar-refractivity contribution in [1.82, 2.24) is 9.88 Å². The van der Waals surface area contributed by atoms with Crippen molar-refractivity contribution in [3.8, 4) is 0 Å². The third-order valence-electron chi connectivity index (χ3n) is 3.74. The fourth-order valence-electron chi connectivity index (χ4n) is 2.23. The van der Waals surface area contributed by atoms with Crippen LogP contribution in [0.5, 0.6) is 0 Å². The number of aryl methyl sites for hydroxylation is 1. The van der Waals surface area contributed by atoms with Crippen molar-refractivity contribution >= 4 is 0 Å².